The van der Waals surface area contributed by atoms with Gasteiger partial charge in [-0.05, 0) is 105 Å². The van der Waals surface area contributed by atoms with E-state index >= 15 is 0 Å². The van der Waals surface area contributed by atoms with E-state index in [-0.39, 0.29) is 0 Å². The predicted octanol–water partition coefficient (Wildman–Crippen LogP) is 13.5. The van der Waals surface area contributed by atoms with Gasteiger partial charge in [-0.3, -0.25) is 9.97 Å². The van der Waals surface area contributed by atoms with E-state index in [2.05, 4.69) is 168 Å². The maximum atomic E-state index is 5.17. The molecule has 0 radical (unpaired) electrons. The van der Waals surface area contributed by atoms with Gasteiger partial charge in [-0.2, -0.15) is 0 Å². The smallest absolute Gasteiger partial charge is 0.0972 e. The fourth-order valence-corrected chi connectivity index (χ4v) is 7.50. The molecule has 7 aromatic carbocycles. The van der Waals surface area contributed by atoms with Crippen molar-refractivity contribution >= 4 is 49.5 Å². The number of pyridine rings is 3. The summed E-state index contributed by atoms with van der Waals surface area (Å²) in [7, 11) is 0. The van der Waals surface area contributed by atoms with Crippen LogP contribution in [0.4, 0.5) is 17.1 Å². The van der Waals surface area contributed by atoms with Crippen molar-refractivity contribution in [2.75, 3.05) is 4.90 Å². The predicted molar refractivity (Wildman–Crippen MR) is 229 cm³/mol. The van der Waals surface area contributed by atoms with Gasteiger partial charge in [0.15, 0.2) is 0 Å². The monoisotopic (exact) mass is 702 g/mol. The average Bonchev–Trinajstić information content (AvgIpc) is 3.27. The first-order valence-electron chi connectivity index (χ1n) is 18.5. The molecule has 4 heteroatoms. The van der Waals surface area contributed by atoms with Crippen LogP contribution >= 0.6 is 0 Å². The molecular formula is C51H34N4. The molecule has 55 heavy (non-hydrogen) atoms. The van der Waals surface area contributed by atoms with Gasteiger partial charge in [0.25, 0.3) is 0 Å². The van der Waals surface area contributed by atoms with Gasteiger partial charge in [0.05, 0.1) is 16.9 Å². The minimum atomic E-state index is 0.883. The topological polar surface area (TPSA) is 41.9 Å². The highest BCUT2D eigenvalue weighted by molar-refractivity contribution is 5.94. The molecule has 0 aliphatic heterocycles. The summed E-state index contributed by atoms with van der Waals surface area (Å²) in [6.45, 7) is 0. The van der Waals surface area contributed by atoms with Crippen LogP contribution in [0.1, 0.15) is 0 Å². The third kappa shape index (κ3) is 6.26. The summed E-state index contributed by atoms with van der Waals surface area (Å²) in [5.41, 5.74) is 12.7. The van der Waals surface area contributed by atoms with Crippen LogP contribution in [0.5, 0.6) is 0 Å². The van der Waals surface area contributed by atoms with Gasteiger partial charge in [-0.25, -0.2) is 4.98 Å². The van der Waals surface area contributed by atoms with Gasteiger partial charge in [-0.15, -0.1) is 0 Å². The number of hydrogen-bond donors (Lipinski definition) is 0. The maximum Gasteiger partial charge on any atom is 0.0972 e. The van der Waals surface area contributed by atoms with E-state index < -0.39 is 0 Å². The van der Waals surface area contributed by atoms with Crippen molar-refractivity contribution in [2.24, 2.45) is 0 Å². The number of benzene rings is 7. The van der Waals surface area contributed by atoms with Crippen LogP contribution in [0.15, 0.2) is 207 Å². The number of aromatic nitrogens is 3. The molecule has 0 saturated carbocycles. The highest BCUT2D eigenvalue weighted by Gasteiger charge is 2.16. The number of rotatable bonds is 7. The van der Waals surface area contributed by atoms with E-state index in [0.717, 1.165) is 67.0 Å². The molecule has 4 nitrogen and oxygen atoms in total. The second-order valence-electron chi connectivity index (χ2n) is 13.8. The zero-order valence-corrected chi connectivity index (χ0v) is 29.9. The van der Waals surface area contributed by atoms with Crippen LogP contribution < -0.4 is 4.90 Å². The summed E-state index contributed by atoms with van der Waals surface area (Å²) in [4.78, 5) is 16.5. The van der Waals surface area contributed by atoms with Crippen molar-refractivity contribution in [2.45, 2.75) is 0 Å². The molecule has 0 spiro atoms. The maximum absolute atomic E-state index is 5.17. The first-order valence-corrected chi connectivity index (χ1v) is 18.5. The average molecular weight is 703 g/mol. The van der Waals surface area contributed by atoms with Gasteiger partial charge in [0, 0.05) is 57.6 Å². The molecule has 0 N–H and O–H groups in total. The van der Waals surface area contributed by atoms with Gasteiger partial charge in [0.2, 0.25) is 0 Å². The Labute approximate surface area is 319 Å². The van der Waals surface area contributed by atoms with Crippen LogP contribution in [0.2, 0.25) is 0 Å². The highest BCUT2D eigenvalue weighted by Crippen LogP contribution is 2.39. The van der Waals surface area contributed by atoms with E-state index in [1.54, 1.807) is 0 Å². The zero-order chi connectivity index (χ0) is 36.6. The van der Waals surface area contributed by atoms with E-state index in [0.29, 0.717) is 0 Å². The first kappa shape index (κ1) is 32.2. The minimum absolute atomic E-state index is 0.883. The molecule has 0 aliphatic carbocycles. The van der Waals surface area contributed by atoms with E-state index in [4.69, 9.17) is 9.97 Å². The second-order valence-corrected chi connectivity index (χ2v) is 13.8. The number of fused-ring (bicyclic) bond motifs is 3. The Balaban J connectivity index is 1.03. The lowest BCUT2D eigenvalue weighted by Crippen LogP contribution is -2.09. The van der Waals surface area contributed by atoms with Gasteiger partial charge in [-0.1, -0.05) is 121 Å². The Hall–Kier alpha value is -7.43. The third-order valence-electron chi connectivity index (χ3n) is 10.4. The van der Waals surface area contributed by atoms with Crippen LogP contribution in [0, 0.1) is 0 Å². The third-order valence-corrected chi connectivity index (χ3v) is 10.4. The summed E-state index contributed by atoms with van der Waals surface area (Å²) in [6.07, 6.45) is 5.59. The Morgan fingerprint density at radius 3 is 1.56 bits per heavy atom. The van der Waals surface area contributed by atoms with Gasteiger partial charge in [0.1, 0.15) is 0 Å². The molecule has 0 atom stereocenters. The summed E-state index contributed by atoms with van der Waals surface area (Å²) in [5.74, 6) is 0. The zero-order valence-electron chi connectivity index (χ0n) is 29.9. The first-order chi connectivity index (χ1) is 27.2. The normalized spacial score (nSPS) is 11.3. The number of anilines is 3. The van der Waals surface area contributed by atoms with Crippen molar-refractivity contribution in [3.8, 4) is 44.8 Å². The minimum Gasteiger partial charge on any atom is -0.311 e. The quantitative estimate of drug-likeness (QED) is 0.166. The van der Waals surface area contributed by atoms with Gasteiger partial charge < -0.3 is 4.90 Å². The molecule has 10 rings (SSSR count). The second kappa shape index (κ2) is 13.8. The van der Waals surface area contributed by atoms with E-state index in [1.165, 1.54) is 27.3 Å². The lowest BCUT2D eigenvalue weighted by Gasteiger charge is -2.26. The summed E-state index contributed by atoms with van der Waals surface area (Å²) >= 11 is 0. The molecule has 3 heterocycles. The van der Waals surface area contributed by atoms with Crippen molar-refractivity contribution in [1.29, 1.82) is 0 Å². The van der Waals surface area contributed by atoms with Crippen LogP contribution in [0.3, 0.4) is 0 Å². The summed E-state index contributed by atoms with van der Waals surface area (Å²) < 4.78 is 0. The van der Waals surface area contributed by atoms with Crippen molar-refractivity contribution < 1.29 is 0 Å². The standard InChI is InChI=1S/C51H34N4/c1-2-8-40(9-3-1)51-50-44(11-6-29-53-50)33-49(54-51)39-20-26-48(27-21-39)55(46-22-16-36(17-23-46)42-14-12-35-7-4-5-10-41(35)31-42)47-24-18-37(19-25-47)43-15-13-38-28-30-52-34-45(38)32-43/h1-34H. The molecule has 0 unspecified atom stereocenters. The van der Waals surface area contributed by atoms with Crippen LogP contribution in [-0.2, 0) is 0 Å². The molecule has 3 aromatic heterocycles. The van der Waals surface area contributed by atoms with Gasteiger partial charge >= 0.3 is 0 Å². The molecule has 0 fully saturated rings. The highest BCUT2D eigenvalue weighted by atomic mass is 15.1. The fourth-order valence-electron chi connectivity index (χ4n) is 7.50. The fraction of sp³-hybridized carbons (Fsp3) is 0. The SMILES string of the molecule is c1ccc(-c2nc(-c3ccc(N(c4ccc(-c5ccc6ccccc6c5)cc4)c4ccc(-c5ccc6ccncc6c5)cc4)cc3)cc3cccnc23)cc1. The van der Waals surface area contributed by atoms with E-state index in [1.807, 2.05) is 48.9 Å². The molecule has 0 aliphatic rings. The molecule has 0 amide bonds. The van der Waals surface area contributed by atoms with E-state index in [9.17, 15) is 0 Å². The number of hydrogen-bond acceptors (Lipinski definition) is 4. The summed E-state index contributed by atoms with van der Waals surface area (Å²) in [5, 5.41) is 5.86. The molecule has 10 aromatic rings. The van der Waals surface area contributed by atoms with Crippen molar-refractivity contribution in [3.05, 3.63) is 207 Å². The van der Waals surface area contributed by atoms with Crippen LogP contribution in [0.25, 0.3) is 77.2 Å². The molecule has 258 valence electrons. The van der Waals surface area contributed by atoms with Crippen molar-refractivity contribution in [1.82, 2.24) is 15.0 Å². The van der Waals surface area contributed by atoms with Crippen molar-refractivity contribution in [3.63, 3.8) is 0 Å². The lowest BCUT2D eigenvalue weighted by molar-refractivity contribution is 1.28. The lowest BCUT2D eigenvalue weighted by atomic mass is 10.0. The van der Waals surface area contributed by atoms with Crippen LogP contribution in [-0.4, -0.2) is 15.0 Å². The molecule has 0 bridgehead atoms. The Bertz CT molecular complexity index is 2830. The summed E-state index contributed by atoms with van der Waals surface area (Å²) in [6, 6.07) is 66.7. The molecule has 0 saturated heterocycles. The molecular weight excluding hydrogens is 669 g/mol. The Morgan fingerprint density at radius 1 is 0.345 bits per heavy atom. The Kier molecular flexibility index (Phi) is 8.12. The number of nitrogens with zero attached hydrogens (tertiary/aromatic N) is 4. The largest absolute Gasteiger partial charge is 0.311 e. The Morgan fingerprint density at radius 2 is 0.891 bits per heavy atom.